The second-order valence-electron chi connectivity index (χ2n) is 3.55. The summed E-state index contributed by atoms with van der Waals surface area (Å²) in [6.45, 7) is 5.94. The van der Waals surface area contributed by atoms with Crippen molar-refractivity contribution in [2.75, 3.05) is 0 Å². The van der Waals surface area contributed by atoms with Gasteiger partial charge in [0.05, 0.1) is 12.3 Å². The van der Waals surface area contributed by atoms with Crippen LogP contribution in [0.25, 0.3) is 10.9 Å². The minimum absolute atomic E-state index is 0.146. The molecule has 0 aliphatic heterocycles. The number of hydrogen-bond acceptors (Lipinski definition) is 3. The van der Waals surface area contributed by atoms with Crippen molar-refractivity contribution in [1.29, 1.82) is 0 Å². The van der Waals surface area contributed by atoms with E-state index in [0.29, 0.717) is 5.88 Å². The van der Waals surface area contributed by atoms with Crippen LogP contribution in [0, 0.1) is 6.92 Å². The van der Waals surface area contributed by atoms with E-state index in [2.05, 4.69) is 15.2 Å². The fourth-order valence-corrected chi connectivity index (χ4v) is 1.33. The number of H-pyrrole nitrogens is 1. The van der Waals surface area contributed by atoms with Crippen LogP contribution in [-0.2, 0) is 0 Å². The Bertz CT molecular complexity index is 448. The molecule has 2 rings (SSSR count). The van der Waals surface area contributed by atoms with Gasteiger partial charge in [-0.2, -0.15) is 5.10 Å². The maximum Gasteiger partial charge on any atom is 0.214 e. The van der Waals surface area contributed by atoms with Crippen molar-refractivity contribution in [2.45, 2.75) is 26.9 Å². The highest BCUT2D eigenvalue weighted by molar-refractivity contribution is 5.81. The Morgan fingerprint density at radius 2 is 2.21 bits per heavy atom. The van der Waals surface area contributed by atoms with Gasteiger partial charge in [0.2, 0.25) is 5.88 Å². The Morgan fingerprint density at radius 1 is 1.43 bits per heavy atom. The SMILES string of the molecule is Cc1[nH]nc2cnc(OC(C)C)cc12. The van der Waals surface area contributed by atoms with Crippen LogP contribution in [-0.4, -0.2) is 21.3 Å². The van der Waals surface area contributed by atoms with Crippen LogP contribution in [0.5, 0.6) is 5.88 Å². The molecule has 0 amide bonds. The molecule has 0 aliphatic carbocycles. The first kappa shape index (κ1) is 8.99. The smallest absolute Gasteiger partial charge is 0.214 e. The standard InChI is InChI=1S/C10H13N3O/c1-6(2)14-10-4-8-7(3)12-13-9(8)5-11-10/h4-6H,1-3H3,(H,12,13). The maximum absolute atomic E-state index is 5.49. The Balaban J connectivity index is 2.44. The molecule has 0 aliphatic rings. The normalized spacial score (nSPS) is 11.1. The molecule has 1 N–H and O–H groups in total. The molecule has 0 saturated carbocycles. The van der Waals surface area contributed by atoms with E-state index in [1.54, 1.807) is 6.20 Å². The molecular weight excluding hydrogens is 178 g/mol. The molecule has 0 fully saturated rings. The third-order valence-corrected chi connectivity index (χ3v) is 1.96. The van der Waals surface area contributed by atoms with Crippen molar-refractivity contribution in [3.05, 3.63) is 18.0 Å². The zero-order valence-electron chi connectivity index (χ0n) is 8.53. The van der Waals surface area contributed by atoms with Gasteiger partial charge < -0.3 is 4.74 Å². The zero-order chi connectivity index (χ0) is 10.1. The third-order valence-electron chi connectivity index (χ3n) is 1.96. The average molecular weight is 191 g/mol. The number of aryl methyl sites for hydroxylation is 1. The lowest BCUT2D eigenvalue weighted by molar-refractivity contribution is 0.233. The molecule has 0 aromatic carbocycles. The highest BCUT2D eigenvalue weighted by Gasteiger charge is 2.05. The molecule has 0 saturated heterocycles. The lowest BCUT2D eigenvalue weighted by atomic mass is 10.2. The quantitative estimate of drug-likeness (QED) is 0.790. The second-order valence-corrected chi connectivity index (χ2v) is 3.55. The number of nitrogens with one attached hydrogen (secondary N) is 1. The molecule has 0 bridgehead atoms. The van der Waals surface area contributed by atoms with Gasteiger partial charge in [-0.25, -0.2) is 4.98 Å². The molecule has 4 heteroatoms. The van der Waals surface area contributed by atoms with Crippen molar-refractivity contribution >= 4 is 10.9 Å². The molecule has 0 spiro atoms. The number of hydrogen-bond donors (Lipinski definition) is 1. The minimum atomic E-state index is 0.146. The Hall–Kier alpha value is -1.58. The average Bonchev–Trinajstić information content (AvgIpc) is 2.47. The van der Waals surface area contributed by atoms with Crippen molar-refractivity contribution in [1.82, 2.24) is 15.2 Å². The minimum Gasteiger partial charge on any atom is -0.475 e. The van der Waals surface area contributed by atoms with Crippen LogP contribution in [0.2, 0.25) is 0 Å². The number of pyridine rings is 1. The highest BCUT2D eigenvalue weighted by Crippen LogP contribution is 2.19. The number of nitrogens with zero attached hydrogens (tertiary/aromatic N) is 2. The molecule has 2 heterocycles. The van der Waals surface area contributed by atoms with Crippen molar-refractivity contribution < 1.29 is 4.74 Å². The molecule has 0 atom stereocenters. The van der Waals surface area contributed by atoms with E-state index >= 15 is 0 Å². The molecular formula is C10H13N3O. The molecule has 14 heavy (non-hydrogen) atoms. The number of rotatable bonds is 2. The Morgan fingerprint density at radius 3 is 2.93 bits per heavy atom. The summed E-state index contributed by atoms with van der Waals surface area (Å²) in [4.78, 5) is 4.16. The van der Waals surface area contributed by atoms with E-state index in [1.165, 1.54) is 0 Å². The van der Waals surface area contributed by atoms with Crippen LogP contribution >= 0.6 is 0 Å². The third kappa shape index (κ3) is 1.55. The largest absolute Gasteiger partial charge is 0.475 e. The molecule has 2 aromatic rings. The molecule has 2 aromatic heterocycles. The van der Waals surface area contributed by atoms with E-state index in [9.17, 15) is 0 Å². The fourth-order valence-electron chi connectivity index (χ4n) is 1.33. The first-order valence-electron chi connectivity index (χ1n) is 4.64. The Labute approximate surface area is 82.3 Å². The van der Waals surface area contributed by atoms with Gasteiger partial charge in [-0.3, -0.25) is 5.10 Å². The second kappa shape index (κ2) is 3.29. The van der Waals surface area contributed by atoms with E-state index < -0.39 is 0 Å². The van der Waals surface area contributed by atoms with Gasteiger partial charge >= 0.3 is 0 Å². The zero-order valence-corrected chi connectivity index (χ0v) is 8.53. The van der Waals surface area contributed by atoms with Gasteiger partial charge in [0.15, 0.2) is 0 Å². The summed E-state index contributed by atoms with van der Waals surface area (Å²) in [5, 5.41) is 8.07. The fraction of sp³-hybridized carbons (Fsp3) is 0.400. The molecule has 74 valence electrons. The summed E-state index contributed by atoms with van der Waals surface area (Å²) >= 11 is 0. The van der Waals surface area contributed by atoms with Gasteiger partial charge in [0, 0.05) is 17.1 Å². The lowest BCUT2D eigenvalue weighted by Gasteiger charge is -2.07. The van der Waals surface area contributed by atoms with Gasteiger partial charge in [-0.15, -0.1) is 0 Å². The van der Waals surface area contributed by atoms with Crippen molar-refractivity contribution in [2.24, 2.45) is 0 Å². The predicted molar refractivity (Wildman–Crippen MR) is 54.4 cm³/mol. The highest BCUT2D eigenvalue weighted by atomic mass is 16.5. The number of ether oxygens (including phenoxy) is 1. The van der Waals surface area contributed by atoms with Crippen LogP contribution in [0.15, 0.2) is 12.3 Å². The summed E-state index contributed by atoms with van der Waals surface area (Å²) in [5.74, 6) is 0.650. The predicted octanol–water partition coefficient (Wildman–Crippen LogP) is 2.05. The Kier molecular flexibility index (Phi) is 2.11. The van der Waals surface area contributed by atoms with Gasteiger partial charge in [0.25, 0.3) is 0 Å². The first-order valence-corrected chi connectivity index (χ1v) is 4.64. The first-order chi connectivity index (χ1) is 6.66. The van der Waals surface area contributed by atoms with Gasteiger partial charge in [-0.1, -0.05) is 0 Å². The summed E-state index contributed by atoms with van der Waals surface area (Å²) in [5.41, 5.74) is 1.91. The number of aromatic amines is 1. The molecule has 0 radical (unpaired) electrons. The van der Waals surface area contributed by atoms with Crippen LogP contribution < -0.4 is 4.74 Å². The monoisotopic (exact) mass is 191 g/mol. The molecule has 4 nitrogen and oxygen atoms in total. The van der Waals surface area contributed by atoms with E-state index in [1.807, 2.05) is 26.8 Å². The van der Waals surface area contributed by atoms with Crippen molar-refractivity contribution in [3.8, 4) is 5.88 Å². The summed E-state index contributed by atoms with van der Waals surface area (Å²) in [6.07, 6.45) is 1.86. The van der Waals surface area contributed by atoms with Crippen LogP contribution in [0.4, 0.5) is 0 Å². The van der Waals surface area contributed by atoms with E-state index in [-0.39, 0.29) is 6.10 Å². The number of aromatic nitrogens is 3. The van der Waals surface area contributed by atoms with E-state index in [0.717, 1.165) is 16.6 Å². The van der Waals surface area contributed by atoms with Crippen LogP contribution in [0.1, 0.15) is 19.5 Å². The summed E-state index contributed by atoms with van der Waals surface area (Å²) in [7, 11) is 0. The number of fused-ring (bicyclic) bond motifs is 1. The van der Waals surface area contributed by atoms with Gasteiger partial charge in [0.1, 0.15) is 5.52 Å². The van der Waals surface area contributed by atoms with E-state index in [4.69, 9.17) is 4.74 Å². The molecule has 0 unspecified atom stereocenters. The summed E-state index contributed by atoms with van der Waals surface area (Å²) in [6, 6.07) is 1.91. The topological polar surface area (TPSA) is 50.8 Å². The maximum atomic E-state index is 5.49. The van der Waals surface area contributed by atoms with Crippen molar-refractivity contribution in [3.63, 3.8) is 0 Å². The van der Waals surface area contributed by atoms with Gasteiger partial charge in [-0.05, 0) is 20.8 Å². The summed E-state index contributed by atoms with van der Waals surface area (Å²) < 4.78 is 5.49. The lowest BCUT2D eigenvalue weighted by Crippen LogP contribution is -2.06. The van der Waals surface area contributed by atoms with Crippen LogP contribution in [0.3, 0.4) is 0 Å².